The van der Waals surface area contributed by atoms with Crippen LogP contribution in [0.5, 0.6) is 0 Å². The van der Waals surface area contributed by atoms with Crippen molar-refractivity contribution >= 4 is 5.78 Å². The van der Waals surface area contributed by atoms with Crippen LogP contribution >= 0.6 is 0 Å². The fraction of sp³-hybridized carbons (Fsp3) is 0.455. The summed E-state index contributed by atoms with van der Waals surface area (Å²) >= 11 is 0. The fourth-order valence-electron chi connectivity index (χ4n) is 1.36. The SMILES string of the molecule is CC(C)C(=O)Cc1nc(-c2cncn2C)no1. The lowest BCUT2D eigenvalue weighted by Crippen LogP contribution is -2.10. The van der Waals surface area contributed by atoms with Gasteiger partial charge in [-0.2, -0.15) is 4.98 Å². The van der Waals surface area contributed by atoms with E-state index in [2.05, 4.69) is 15.1 Å². The molecule has 90 valence electrons. The number of aromatic nitrogens is 4. The zero-order valence-electron chi connectivity index (χ0n) is 10.0. The fourth-order valence-corrected chi connectivity index (χ4v) is 1.36. The maximum absolute atomic E-state index is 11.5. The quantitative estimate of drug-likeness (QED) is 0.795. The van der Waals surface area contributed by atoms with E-state index in [1.54, 1.807) is 17.1 Å². The van der Waals surface area contributed by atoms with Crippen molar-refractivity contribution in [2.45, 2.75) is 20.3 Å². The summed E-state index contributed by atoms with van der Waals surface area (Å²) in [6.07, 6.45) is 3.49. The van der Waals surface area contributed by atoms with Gasteiger partial charge in [0, 0.05) is 13.0 Å². The average Bonchev–Trinajstić information content (AvgIpc) is 2.86. The van der Waals surface area contributed by atoms with Crippen LogP contribution in [0.2, 0.25) is 0 Å². The van der Waals surface area contributed by atoms with Gasteiger partial charge in [0.1, 0.15) is 11.5 Å². The molecule has 0 N–H and O–H groups in total. The second kappa shape index (κ2) is 4.48. The van der Waals surface area contributed by atoms with Crippen LogP contribution in [0.25, 0.3) is 11.5 Å². The molecule has 0 atom stereocenters. The minimum Gasteiger partial charge on any atom is -0.338 e. The molecule has 0 unspecified atom stereocenters. The standard InChI is InChI=1S/C11H14N4O2/c1-7(2)9(16)4-10-13-11(14-17-10)8-5-12-6-15(8)3/h5-7H,4H2,1-3H3. The summed E-state index contributed by atoms with van der Waals surface area (Å²) < 4.78 is 6.83. The van der Waals surface area contributed by atoms with Gasteiger partial charge in [-0.3, -0.25) is 4.79 Å². The van der Waals surface area contributed by atoms with Crippen LogP contribution in [0.1, 0.15) is 19.7 Å². The number of rotatable bonds is 4. The minimum absolute atomic E-state index is 0.0259. The van der Waals surface area contributed by atoms with Gasteiger partial charge in [-0.25, -0.2) is 4.98 Å². The Balaban J connectivity index is 2.17. The third-order valence-electron chi connectivity index (χ3n) is 2.48. The summed E-state index contributed by atoms with van der Waals surface area (Å²) in [6, 6.07) is 0. The maximum atomic E-state index is 11.5. The van der Waals surface area contributed by atoms with E-state index in [4.69, 9.17) is 4.52 Å². The summed E-state index contributed by atoms with van der Waals surface area (Å²) in [5.41, 5.74) is 0.761. The molecule has 0 aromatic carbocycles. The number of carbonyl (C=O) groups is 1. The molecule has 6 nitrogen and oxygen atoms in total. The van der Waals surface area contributed by atoms with Crippen molar-refractivity contribution in [3.63, 3.8) is 0 Å². The van der Waals surface area contributed by atoms with Crippen LogP contribution in [0, 0.1) is 5.92 Å². The lowest BCUT2D eigenvalue weighted by Gasteiger charge is -1.98. The number of imidazole rings is 1. The van der Waals surface area contributed by atoms with Crippen LogP contribution in [-0.2, 0) is 18.3 Å². The van der Waals surface area contributed by atoms with Gasteiger partial charge in [0.05, 0.1) is 18.9 Å². The first-order valence-electron chi connectivity index (χ1n) is 5.40. The number of nitrogens with zero attached hydrogens (tertiary/aromatic N) is 4. The van der Waals surface area contributed by atoms with Crippen molar-refractivity contribution < 1.29 is 9.32 Å². The topological polar surface area (TPSA) is 73.8 Å². The number of carbonyl (C=O) groups excluding carboxylic acids is 1. The summed E-state index contributed by atoms with van der Waals surface area (Å²) in [4.78, 5) is 19.7. The van der Waals surface area contributed by atoms with Gasteiger partial charge in [-0.15, -0.1) is 0 Å². The van der Waals surface area contributed by atoms with E-state index in [9.17, 15) is 4.79 Å². The molecule has 2 aromatic heterocycles. The third-order valence-corrected chi connectivity index (χ3v) is 2.48. The summed E-state index contributed by atoms with van der Waals surface area (Å²) in [7, 11) is 1.84. The van der Waals surface area contributed by atoms with E-state index in [0.29, 0.717) is 11.7 Å². The summed E-state index contributed by atoms with van der Waals surface area (Å²) in [6.45, 7) is 3.70. The van der Waals surface area contributed by atoms with E-state index in [0.717, 1.165) is 5.69 Å². The van der Waals surface area contributed by atoms with Gasteiger partial charge in [-0.05, 0) is 0 Å². The highest BCUT2D eigenvalue weighted by atomic mass is 16.5. The van der Waals surface area contributed by atoms with E-state index in [1.165, 1.54) is 0 Å². The second-order valence-electron chi connectivity index (χ2n) is 4.20. The predicted molar refractivity (Wildman–Crippen MR) is 60.0 cm³/mol. The minimum atomic E-state index is -0.0259. The zero-order valence-corrected chi connectivity index (χ0v) is 10.0. The van der Waals surface area contributed by atoms with Crippen molar-refractivity contribution in [3.8, 4) is 11.5 Å². The van der Waals surface area contributed by atoms with Crippen LogP contribution in [0.3, 0.4) is 0 Å². The van der Waals surface area contributed by atoms with Crippen LogP contribution in [0.4, 0.5) is 0 Å². The Labute approximate surface area is 98.7 Å². The number of aryl methyl sites for hydroxylation is 1. The molecule has 0 aliphatic rings. The van der Waals surface area contributed by atoms with Crippen molar-refractivity contribution in [1.82, 2.24) is 19.7 Å². The Morgan fingerprint density at radius 3 is 2.88 bits per heavy atom. The van der Waals surface area contributed by atoms with Crippen molar-refractivity contribution in [1.29, 1.82) is 0 Å². The van der Waals surface area contributed by atoms with Gasteiger partial charge in [0.2, 0.25) is 11.7 Å². The smallest absolute Gasteiger partial charge is 0.234 e. The van der Waals surface area contributed by atoms with E-state index < -0.39 is 0 Å². The molecule has 2 aromatic rings. The highest BCUT2D eigenvalue weighted by molar-refractivity contribution is 5.81. The Kier molecular flexibility index (Phi) is 3.03. The first-order chi connectivity index (χ1) is 8.08. The summed E-state index contributed by atoms with van der Waals surface area (Å²) in [5, 5.41) is 3.83. The highest BCUT2D eigenvalue weighted by Crippen LogP contribution is 2.14. The number of ketones is 1. The first kappa shape index (κ1) is 11.5. The van der Waals surface area contributed by atoms with Crippen LogP contribution in [-0.4, -0.2) is 25.5 Å². The zero-order chi connectivity index (χ0) is 12.4. The molecule has 0 saturated heterocycles. The molecule has 0 aliphatic heterocycles. The highest BCUT2D eigenvalue weighted by Gasteiger charge is 2.16. The van der Waals surface area contributed by atoms with E-state index in [1.807, 2.05) is 20.9 Å². The molecule has 0 saturated carbocycles. The molecule has 0 aliphatic carbocycles. The Hall–Kier alpha value is -1.98. The first-order valence-corrected chi connectivity index (χ1v) is 5.40. The van der Waals surface area contributed by atoms with Gasteiger partial charge in [-0.1, -0.05) is 19.0 Å². The molecule has 0 amide bonds. The predicted octanol–water partition coefficient (Wildman–Crippen LogP) is 1.24. The Morgan fingerprint density at radius 2 is 2.29 bits per heavy atom. The molecule has 6 heteroatoms. The molecule has 0 radical (unpaired) electrons. The molecule has 0 bridgehead atoms. The Morgan fingerprint density at radius 1 is 1.53 bits per heavy atom. The number of hydrogen-bond acceptors (Lipinski definition) is 5. The van der Waals surface area contributed by atoms with E-state index >= 15 is 0 Å². The lowest BCUT2D eigenvalue weighted by molar-refractivity contribution is -0.121. The van der Waals surface area contributed by atoms with Gasteiger partial charge in [0.25, 0.3) is 0 Å². The molecule has 0 fully saturated rings. The van der Waals surface area contributed by atoms with E-state index in [-0.39, 0.29) is 18.1 Å². The van der Waals surface area contributed by atoms with Crippen molar-refractivity contribution in [2.24, 2.45) is 13.0 Å². The van der Waals surface area contributed by atoms with Gasteiger partial charge >= 0.3 is 0 Å². The summed E-state index contributed by atoms with van der Waals surface area (Å²) in [5.74, 6) is 0.865. The van der Waals surface area contributed by atoms with Gasteiger partial charge in [0.15, 0.2) is 0 Å². The van der Waals surface area contributed by atoms with Gasteiger partial charge < -0.3 is 9.09 Å². The number of hydrogen-bond donors (Lipinski definition) is 0. The Bertz CT molecular complexity index is 527. The normalized spacial score (nSPS) is 11.1. The third kappa shape index (κ3) is 2.41. The van der Waals surface area contributed by atoms with Crippen LogP contribution < -0.4 is 0 Å². The molecule has 2 heterocycles. The lowest BCUT2D eigenvalue weighted by atomic mass is 10.1. The average molecular weight is 234 g/mol. The maximum Gasteiger partial charge on any atom is 0.234 e. The van der Waals surface area contributed by atoms with Crippen molar-refractivity contribution in [3.05, 3.63) is 18.4 Å². The molecular weight excluding hydrogens is 220 g/mol. The van der Waals surface area contributed by atoms with Crippen LogP contribution in [0.15, 0.2) is 17.0 Å². The van der Waals surface area contributed by atoms with Crippen molar-refractivity contribution in [2.75, 3.05) is 0 Å². The molecule has 2 rings (SSSR count). The number of Topliss-reactive ketones (excluding diaryl/α,β-unsaturated/α-hetero) is 1. The molecule has 17 heavy (non-hydrogen) atoms. The molecule has 0 spiro atoms. The molecular formula is C11H14N4O2. The largest absolute Gasteiger partial charge is 0.338 e. The second-order valence-corrected chi connectivity index (χ2v) is 4.20. The monoisotopic (exact) mass is 234 g/mol.